The average Bonchev–Trinajstić information content (AvgIpc) is 2.57. The van der Waals surface area contributed by atoms with Crippen LogP contribution in [0, 0.1) is 5.92 Å². The van der Waals surface area contributed by atoms with Crippen molar-refractivity contribution in [2.75, 3.05) is 18.8 Å². The molecular formula is C13H19ClN2O2S. The van der Waals surface area contributed by atoms with Gasteiger partial charge >= 0.3 is 0 Å². The molecule has 1 saturated heterocycles. The summed E-state index contributed by atoms with van der Waals surface area (Å²) in [6, 6.07) is 4.48. The van der Waals surface area contributed by atoms with Gasteiger partial charge in [-0.25, -0.2) is 8.42 Å². The van der Waals surface area contributed by atoms with Crippen LogP contribution in [0.3, 0.4) is 0 Å². The SMILES string of the molecule is CC1CCCN(S(=O)(=O)c2ccc(Cl)c(N)c2)CC1. The van der Waals surface area contributed by atoms with E-state index >= 15 is 0 Å². The van der Waals surface area contributed by atoms with Crippen molar-refractivity contribution < 1.29 is 8.42 Å². The van der Waals surface area contributed by atoms with Gasteiger partial charge in [0, 0.05) is 13.1 Å². The highest BCUT2D eigenvalue weighted by molar-refractivity contribution is 7.89. The maximum atomic E-state index is 12.5. The first-order chi connectivity index (χ1) is 8.91. The molecule has 0 radical (unpaired) electrons. The van der Waals surface area contributed by atoms with Gasteiger partial charge in [0.1, 0.15) is 0 Å². The predicted octanol–water partition coefficient (Wildman–Crippen LogP) is 2.73. The van der Waals surface area contributed by atoms with E-state index in [1.807, 2.05) is 0 Å². The lowest BCUT2D eigenvalue weighted by Crippen LogP contribution is -2.32. The highest BCUT2D eigenvalue weighted by Crippen LogP contribution is 2.26. The first kappa shape index (κ1) is 14.6. The summed E-state index contributed by atoms with van der Waals surface area (Å²) in [5.41, 5.74) is 5.98. The zero-order valence-corrected chi connectivity index (χ0v) is 12.5. The minimum atomic E-state index is -3.45. The summed E-state index contributed by atoms with van der Waals surface area (Å²) in [7, 11) is -3.45. The molecule has 1 aliphatic heterocycles. The number of sulfonamides is 1. The number of rotatable bonds is 2. The molecule has 4 nitrogen and oxygen atoms in total. The van der Waals surface area contributed by atoms with Crippen LogP contribution in [0.2, 0.25) is 5.02 Å². The van der Waals surface area contributed by atoms with Gasteiger partial charge in [0.15, 0.2) is 0 Å². The molecule has 0 spiro atoms. The number of nitrogens with two attached hydrogens (primary N) is 1. The fourth-order valence-electron chi connectivity index (χ4n) is 2.31. The van der Waals surface area contributed by atoms with Gasteiger partial charge in [-0.1, -0.05) is 18.5 Å². The van der Waals surface area contributed by atoms with Gasteiger partial charge in [-0.05, 0) is 43.4 Å². The van der Waals surface area contributed by atoms with Crippen molar-refractivity contribution in [1.29, 1.82) is 0 Å². The van der Waals surface area contributed by atoms with Gasteiger partial charge < -0.3 is 5.73 Å². The monoisotopic (exact) mass is 302 g/mol. The Morgan fingerprint density at radius 1 is 1.32 bits per heavy atom. The zero-order chi connectivity index (χ0) is 14.0. The van der Waals surface area contributed by atoms with E-state index in [-0.39, 0.29) is 4.90 Å². The molecular weight excluding hydrogens is 284 g/mol. The Balaban J connectivity index is 2.28. The zero-order valence-electron chi connectivity index (χ0n) is 11.0. The molecule has 2 rings (SSSR count). The number of nitrogen functional groups attached to an aromatic ring is 1. The van der Waals surface area contributed by atoms with E-state index in [2.05, 4.69) is 6.92 Å². The van der Waals surface area contributed by atoms with Gasteiger partial charge in [-0.2, -0.15) is 4.31 Å². The Morgan fingerprint density at radius 3 is 2.74 bits per heavy atom. The maximum Gasteiger partial charge on any atom is 0.243 e. The van der Waals surface area contributed by atoms with Crippen LogP contribution in [0.4, 0.5) is 5.69 Å². The van der Waals surface area contributed by atoms with Gasteiger partial charge in [0.05, 0.1) is 15.6 Å². The lowest BCUT2D eigenvalue weighted by molar-refractivity contribution is 0.417. The van der Waals surface area contributed by atoms with Crippen LogP contribution in [-0.2, 0) is 10.0 Å². The molecule has 1 heterocycles. The molecule has 0 bridgehead atoms. The van der Waals surface area contributed by atoms with Crippen molar-refractivity contribution >= 4 is 27.3 Å². The second-order valence-corrected chi connectivity index (χ2v) is 7.47. The maximum absolute atomic E-state index is 12.5. The molecule has 19 heavy (non-hydrogen) atoms. The molecule has 1 aliphatic rings. The lowest BCUT2D eigenvalue weighted by Gasteiger charge is -2.20. The predicted molar refractivity (Wildman–Crippen MR) is 77.6 cm³/mol. The van der Waals surface area contributed by atoms with Crippen LogP contribution in [0.15, 0.2) is 23.1 Å². The molecule has 1 fully saturated rings. The second kappa shape index (κ2) is 5.69. The normalized spacial score (nSPS) is 22.1. The van der Waals surface area contributed by atoms with Crippen molar-refractivity contribution in [3.63, 3.8) is 0 Å². The number of halogens is 1. The molecule has 1 aromatic carbocycles. The first-order valence-corrected chi connectivity index (χ1v) is 8.28. The van der Waals surface area contributed by atoms with Crippen LogP contribution < -0.4 is 5.73 Å². The van der Waals surface area contributed by atoms with Crippen LogP contribution in [-0.4, -0.2) is 25.8 Å². The Bertz CT molecular complexity index is 560. The molecule has 1 atom stereocenters. The van der Waals surface area contributed by atoms with E-state index in [1.54, 1.807) is 4.31 Å². The quantitative estimate of drug-likeness (QED) is 0.854. The van der Waals surface area contributed by atoms with Crippen molar-refractivity contribution in [3.05, 3.63) is 23.2 Å². The minimum absolute atomic E-state index is 0.226. The summed E-state index contributed by atoms with van der Waals surface area (Å²) in [6.45, 7) is 3.32. The Morgan fingerprint density at radius 2 is 2.05 bits per heavy atom. The van der Waals surface area contributed by atoms with E-state index < -0.39 is 10.0 Å². The fourth-order valence-corrected chi connectivity index (χ4v) is 3.96. The number of hydrogen-bond acceptors (Lipinski definition) is 3. The smallest absolute Gasteiger partial charge is 0.243 e. The van der Waals surface area contributed by atoms with Crippen molar-refractivity contribution in [1.82, 2.24) is 4.31 Å². The van der Waals surface area contributed by atoms with Gasteiger partial charge in [0.25, 0.3) is 0 Å². The third kappa shape index (κ3) is 3.22. The van der Waals surface area contributed by atoms with Crippen LogP contribution in [0.5, 0.6) is 0 Å². The largest absolute Gasteiger partial charge is 0.397 e. The van der Waals surface area contributed by atoms with Crippen LogP contribution in [0.25, 0.3) is 0 Å². The highest BCUT2D eigenvalue weighted by atomic mass is 35.5. The topological polar surface area (TPSA) is 63.4 Å². The van der Waals surface area contributed by atoms with Crippen molar-refractivity contribution in [2.24, 2.45) is 5.92 Å². The summed E-state index contributed by atoms with van der Waals surface area (Å²) in [4.78, 5) is 0.226. The standard InChI is InChI=1S/C13H19ClN2O2S/c1-10-3-2-7-16(8-6-10)19(17,18)11-4-5-12(14)13(15)9-11/h4-5,9-10H,2-3,6-8,15H2,1H3. The summed E-state index contributed by atoms with van der Waals surface area (Å²) in [5, 5.41) is 0.378. The van der Waals surface area contributed by atoms with Gasteiger partial charge in [0.2, 0.25) is 10.0 Å². The third-order valence-electron chi connectivity index (χ3n) is 3.58. The molecule has 0 aromatic heterocycles. The van der Waals surface area contributed by atoms with Crippen LogP contribution >= 0.6 is 11.6 Å². The van der Waals surface area contributed by atoms with Gasteiger partial charge in [-0.15, -0.1) is 0 Å². The van der Waals surface area contributed by atoms with E-state index in [9.17, 15) is 8.42 Å². The van der Waals surface area contributed by atoms with Crippen molar-refractivity contribution in [2.45, 2.75) is 31.1 Å². The summed E-state index contributed by atoms with van der Waals surface area (Å²) >= 11 is 5.83. The first-order valence-electron chi connectivity index (χ1n) is 6.46. The van der Waals surface area contributed by atoms with Crippen LogP contribution in [0.1, 0.15) is 26.2 Å². The van der Waals surface area contributed by atoms with E-state index in [1.165, 1.54) is 18.2 Å². The Kier molecular flexibility index (Phi) is 4.38. The second-order valence-electron chi connectivity index (χ2n) is 5.12. The number of hydrogen-bond donors (Lipinski definition) is 1. The third-order valence-corrected chi connectivity index (χ3v) is 5.82. The molecule has 2 N–H and O–H groups in total. The fraction of sp³-hybridized carbons (Fsp3) is 0.538. The number of nitrogens with zero attached hydrogens (tertiary/aromatic N) is 1. The molecule has 0 amide bonds. The Labute approximate surface area is 119 Å². The summed E-state index contributed by atoms with van der Waals surface area (Å²) in [6.07, 6.45) is 2.89. The highest BCUT2D eigenvalue weighted by Gasteiger charge is 2.26. The minimum Gasteiger partial charge on any atom is -0.397 e. The van der Waals surface area contributed by atoms with E-state index in [4.69, 9.17) is 17.3 Å². The summed E-state index contributed by atoms with van der Waals surface area (Å²) in [5.74, 6) is 0.579. The molecule has 1 aromatic rings. The molecule has 106 valence electrons. The number of anilines is 1. The molecule has 0 aliphatic carbocycles. The van der Waals surface area contributed by atoms with Gasteiger partial charge in [-0.3, -0.25) is 0 Å². The Hall–Kier alpha value is -0.780. The van der Waals surface area contributed by atoms with Crippen molar-refractivity contribution in [3.8, 4) is 0 Å². The van der Waals surface area contributed by atoms with E-state index in [0.717, 1.165) is 19.3 Å². The van der Waals surface area contributed by atoms with E-state index in [0.29, 0.717) is 29.7 Å². The average molecular weight is 303 g/mol. The molecule has 6 heteroatoms. The lowest BCUT2D eigenvalue weighted by atomic mass is 10.0. The molecule has 0 saturated carbocycles. The molecule has 1 unspecified atom stereocenters. The summed E-state index contributed by atoms with van der Waals surface area (Å²) < 4.78 is 26.6. The number of benzene rings is 1.